The molecule has 188 valence electrons. The van der Waals surface area contributed by atoms with Gasteiger partial charge >= 0.3 is 0 Å². The van der Waals surface area contributed by atoms with Crippen LogP contribution in [0.15, 0.2) is 24.7 Å². The summed E-state index contributed by atoms with van der Waals surface area (Å²) in [6.07, 6.45) is 9.65. The van der Waals surface area contributed by atoms with Gasteiger partial charge in [0, 0.05) is 74.6 Å². The standard InChI is InChI=1S/C25H35N7O3/c1-16(15-35-3)28-25-26-11-23-21(9-22(32(23)29-25)18-4-6-20(33)7-5-18)19-10-27-31(14-19)13-17-8-24(34)30(2)12-17/h9-11,14,16-18,20,33H,4-8,12-13,15H2,1-3H3,(H,28,29)/t16-,17?,18?,20?/m0/s1. The quantitative estimate of drug-likeness (QED) is 0.509. The Morgan fingerprint density at radius 3 is 2.77 bits per heavy atom. The van der Waals surface area contributed by atoms with E-state index in [4.69, 9.17) is 9.84 Å². The van der Waals surface area contributed by atoms with Gasteiger partial charge in [-0.15, -0.1) is 5.10 Å². The Hall–Kier alpha value is -2.98. The van der Waals surface area contributed by atoms with E-state index in [1.54, 1.807) is 12.0 Å². The fourth-order valence-corrected chi connectivity index (χ4v) is 5.43. The van der Waals surface area contributed by atoms with E-state index in [2.05, 4.69) is 27.7 Å². The second-order valence-corrected chi connectivity index (χ2v) is 10.2. The van der Waals surface area contributed by atoms with Crippen LogP contribution in [0.3, 0.4) is 0 Å². The number of fused-ring (bicyclic) bond motifs is 1. The number of rotatable bonds is 8. The molecule has 1 saturated carbocycles. The minimum absolute atomic E-state index is 0.0838. The zero-order chi connectivity index (χ0) is 24.5. The predicted molar refractivity (Wildman–Crippen MR) is 132 cm³/mol. The van der Waals surface area contributed by atoms with Crippen molar-refractivity contribution in [2.45, 2.75) is 63.6 Å². The number of aliphatic hydroxyl groups excluding tert-OH is 1. The van der Waals surface area contributed by atoms with Crippen molar-refractivity contribution in [3.63, 3.8) is 0 Å². The lowest BCUT2D eigenvalue weighted by atomic mass is 9.85. The highest BCUT2D eigenvalue weighted by molar-refractivity contribution is 5.81. The van der Waals surface area contributed by atoms with Gasteiger partial charge in [-0.25, -0.2) is 9.50 Å². The Bertz CT molecular complexity index is 1180. The number of carbonyl (C=O) groups excluding carboxylic acids is 1. The van der Waals surface area contributed by atoms with Gasteiger partial charge in [0.25, 0.3) is 0 Å². The third-order valence-corrected chi connectivity index (χ3v) is 7.26. The van der Waals surface area contributed by atoms with Crippen LogP contribution in [-0.2, 0) is 16.1 Å². The summed E-state index contributed by atoms with van der Waals surface area (Å²) in [6, 6.07) is 2.30. The SMILES string of the molecule is COC[C@H](C)Nc1ncc2c(-c3cnn(CC4CC(=O)N(C)C4)c3)cc(C3CCC(O)CC3)n2n1. The first-order valence-electron chi connectivity index (χ1n) is 12.5. The number of ether oxygens (including phenoxy) is 1. The Labute approximate surface area is 205 Å². The normalized spacial score (nSPS) is 23.8. The van der Waals surface area contributed by atoms with Gasteiger partial charge in [-0.2, -0.15) is 5.10 Å². The van der Waals surface area contributed by atoms with Gasteiger partial charge in [-0.1, -0.05) is 0 Å². The number of aromatic nitrogens is 5. The summed E-state index contributed by atoms with van der Waals surface area (Å²) in [6.45, 7) is 4.09. The zero-order valence-corrected chi connectivity index (χ0v) is 20.7. The third-order valence-electron chi connectivity index (χ3n) is 7.26. The van der Waals surface area contributed by atoms with E-state index in [1.807, 2.05) is 35.6 Å². The van der Waals surface area contributed by atoms with Crippen LogP contribution in [0.4, 0.5) is 5.95 Å². The van der Waals surface area contributed by atoms with Gasteiger partial charge in [0.15, 0.2) is 0 Å². The van der Waals surface area contributed by atoms with Crippen molar-refractivity contribution in [1.29, 1.82) is 0 Å². The van der Waals surface area contributed by atoms with E-state index in [0.717, 1.165) is 61.1 Å². The molecule has 2 N–H and O–H groups in total. The van der Waals surface area contributed by atoms with Gasteiger partial charge < -0.3 is 20.1 Å². The summed E-state index contributed by atoms with van der Waals surface area (Å²) in [5, 5.41) is 22.8. The third kappa shape index (κ3) is 5.04. The van der Waals surface area contributed by atoms with Crippen LogP contribution >= 0.6 is 0 Å². The Balaban J connectivity index is 1.46. The number of hydrogen-bond acceptors (Lipinski definition) is 7. The van der Waals surface area contributed by atoms with Gasteiger partial charge in [0.05, 0.1) is 30.6 Å². The molecule has 0 radical (unpaired) electrons. The maximum absolute atomic E-state index is 11.9. The first kappa shape index (κ1) is 23.7. The topological polar surface area (TPSA) is 110 Å². The first-order chi connectivity index (χ1) is 16.9. The van der Waals surface area contributed by atoms with E-state index in [1.165, 1.54) is 0 Å². The number of methoxy groups -OCH3 is 1. The molecule has 2 fully saturated rings. The monoisotopic (exact) mass is 481 g/mol. The molecule has 2 aliphatic rings. The lowest BCUT2D eigenvalue weighted by Crippen LogP contribution is -2.23. The van der Waals surface area contributed by atoms with E-state index < -0.39 is 0 Å². The second kappa shape index (κ2) is 9.94. The van der Waals surface area contributed by atoms with Crippen molar-refractivity contribution in [2.24, 2.45) is 5.92 Å². The number of likely N-dealkylation sites (tertiary alicyclic amines) is 1. The Morgan fingerprint density at radius 1 is 1.26 bits per heavy atom. The minimum Gasteiger partial charge on any atom is -0.393 e. The molecular formula is C25H35N7O3. The van der Waals surface area contributed by atoms with Crippen LogP contribution in [0.25, 0.3) is 16.6 Å². The average Bonchev–Trinajstić information content (AvgIpc) is 3.52. The molecule has 4 heterocycles. The molecule has 10 nitrogen and oxygen atoms in total. The van der Waals surface area contributed by atoms with Gasteiger partial charge in [0.1, 0.15) is 0 Å². The van der Waals surface area contributed by atoms with Crippen molar-refractivity contribution in [3.8, 4) is 11.1 Å². The molecule has 1 aliphatic heterocycles. The van der Waals surface area contributed by atoms with Crippen molar-refractivity contribution < 1.29 is 14.6 Å². The lowest BCUT2D eigenvalue weighted by Gasteiger charge is -2.25. The van der Waals surface area contributed by atoms with Crippen molar-refractivity contribution in [2.75, 3.05) is 32.6 Å². The molecule has 0 bridgehead atoms. The second-order valence-electron chi connectivity index (χ2n) is 10.2. The zero-order valence-electron chi connectivity index (χ0n) is 20.7. The summed E-state index contributed by atoms with van der Waals surface area (Å²) < 4.78 is 9.19. The van der Waals surface area contributed by atoms with E-state index in [-0.39, 0.29) is 24.0 Å². The van der Waals surface area contributed by atoms with E-state index >= 15 is 0 Å². The van der Waals surface area contributed by atoms with Crippen LogP contribution in [0.1, 0.15) is 50.6 Å². The highest BCUT2D eigenvalue weighted by Crippen LogP contribution is 2.37. The summed E-state index contributed by atoms with van der Waals surface area (Å²) >= 11 is 0. The fraction of sp³-hybridized carbons (Fsp3) is 0.600. The largest absolute Gasteiger partial charge is 0.393 e. The van der Waals surface area contributed by atoms with Crippen LogP contribution in [0, 0.1) is 5.92 Å². The molecule has 35 heavy (non-hydrogen) atoms. The molecule has 2 atom stereocenters. The maximum atomic E-state index is 11.9. The lowest BCUT2D eigenvalue weighted by molar-refractivity contribution is -0.126. The number of amides is 1. The molecule has 1 aliphatic carbocycles. The van der Waals surface area contributed by atoms with Gasteiger partial charge in [0.2, 0.25) is 11.9 Å². The van der Waals surface area contributed by atoms with Crippen molar-refractivity contribution >= 4 is 17.4 Å². The van der Waals surface area contributed by atoms with Gasteiger partial charge in [-0.05, 0) is 38.7 Å². The molecular weight excluding hydrogens is 446 g/mol. The predicted octanol–water partition coefficient (Wildman–Crippen LogP) is 2.54. The molecule has 0 spiro atoms. The van der Waals surface area contributed by atoms with Crippen molar-refractivity contribution in [3.05, 3.63) is 30.4 Å². The molecule has 5 rings (SSSR count). The summed E-state index contributed by atoms with van der Waals surface area (Å²) in [7, 11) is 3.54. The number of anilines is 1. The fourth-order valence-electron chi connectivity index (χ4n) is 5.43. The molecule has 1 saturated heterocycles. The van der Waals surface area contributed by atoms with E-state index in [0.29, 0.717) is 24.9 Å². The minimum atomic E-state index is -0.210. The summed E-state index contributed by atoms with van der Waals surface area (Å²) in [5.41, 5.74) is 4.14. The van der Waals surface area contributed by atoms with Gasteiger partial charge in [-0.3, -0.25) is 9.48 Å². The van der Waals surface area contributed by atoms with Crippen LogP contribution in [0.2, 0.25) is 0 Å². The average molecular weight is 482 g/mol. The molecule has 3 aromatic rings. The van der Waals surface area contributed by atoms with Crippen LogP contribution < -0.4 is 5.32 Å². The highest BCUT2D eigenvalue weighted by atomic mass is 16.5. The number of hydrogen-bond donors (Lipinski definition) is 2. The number of aliphatic hydroxyl groups is 1. The smallest absolute Gasteiger partial charge is 0.241 e. The summed E-state index contributed by atoms with van der Waals surface area (Å²) in [5.74, 6) is 1.37. The molecule has 3 aromatic heterocycles. The Morgan fingerprint density at radius 2 is 2.06 bits per heavy atom. The number of nitrogens with zero attached hydrogens (tertiary/aromatic N) is 6. The molecule has 1 unspecified atom stereocenters. The molecule has 10 heteroatoms. The maximum Gasteiger partial charge on any atom is 0.241 e. The van der Waals surface area contributed by atoms with Crippen LogP contribution in [-0.4, -0.2) is 79.7 Å². The molecule has 0 aromatic carbocycles. The summed E-state index contributed by atoms with van der Waals surface area (Å²) in [4.78, 5) is 18.3. The first-order valence-corrected chi connectivity index (χ1v) is 12.5. The number of carbonyl (C=O) groups is 1. The van der Waals surface area contributed by atoms with Crippen LogP contribution in [0.5, 0.6) is 0 Å². The molecule has 1 amide bonds. The highest BCUT2D eigenvalue weighted by Gasteiger charge is 2.28. The van der Waals surface area contributed by atoms with Crippen molar-refractivity contribution in [1.82, 2.24) is 29.3 Å². The number of nitrogens with one attached hydrogen (secondary N) is 1. The Kier molecular flexibility index (Phi) is 6.75. The van der Waals surface area contributed by atoms with E-state index in [9.17, 15) is 9.90 Å².